The molecule has 112 valence electrons. The Hall–Kier alpha value is -1.61. The Kier molecular flexibility index (Phi) is 4.52. The first-order valence-corrected chi connectivity index (χ1v) is 7.59. The van der Waals surface area contributed by atoms with Gasteiger partial charge in [-0.15, -0.1) is 0 Å². The van der Waals surface area contributed by atoms with Crippen molar-refractivity contribution in [2.45, 2.75) is 46.5 Å². The fourth-order valence-corrected chi connectivity index (χ4v) is 2.33. The number of hydrogen-bond acceptors (Lipinski definition) is 3. The van der Waals surface area contributed by atoms with Crippen LogP contribution in [0, 0.1) is 6.92 Å². The van der Waals surface area contributed by atoms with E-state index in [1.165, 1.54) is 11.1 Å². The van der Waals surface area contributed by atoms with Gasteiger partial charge in [0.25, 0.3) is 0 Å². The Bertz CT molecular complexity index is 645. The Labute approximate surface area is 131 Å². The Balaban J connectivity index is 2.43. The maximum atomic E-state index is 6.14. The van der Waals surface area contributed by atoms with Crippen molar-refractivity contribution >= 4 is 23.1 Å². The molecule has 1 aromatic carbocycles. The number of aromatic nitrogens is 2. The minimum absolute atomic E-state index is 0.138. The summed E-state index contributed by atoms with van der Waals surface area (Å²) in [6.45, 7) is 10.5. The molecular weight excluding hydrogens is 282 g/mol. The van der Waals surface area contributed by atoms with Crippen LogP contribution in [0.5, 0.6) is 0 Å². The van der Waals surface area contributed by atoms with Gasteiger partial charge in [-0.25, -0.2) is 9.97 Å². The van der Waals surface area contributed by atoms with Crippen LogP contribution < -0.4 is 5.32 Å². The molecule has 0 radical (unpaired) electrons. The molecule has 0 saturated carbocycles. The molecule has 1 heterocycles. The highest BCUT2D eigenvalue weighted by Gasteiger charge is 2.19. The molecule has 21 heavy (non-hydrogen) atoms. The normalized spacial score (nSPS) is 11.5. The molecule has 0 aliphatic rings. The van der Waals surface area contributed by atoms with Crippen LogP contribution in [0.15, 0.2) is 24.3 Å². The van der Waals surface area contributed by atoms with Crippen molar-refractivity contribution in [2.24, 2.45) is 0 Å². The second-order valence-corrected chi connectivity index (χ2v) is 6.62. The summed E-state index contributed by atoms with van der Waals surface area (Å²) in [7, 11) is 0. The van der Waals surface area contributed by atoms with E-state index in [4.69, 9.17) is 11.6 Å². The van der Waals surface area contributed by atoms with Gasteiger partial charge in [0, 0.05) is 17.2 Å². The van der Waals surface area contributed by atoms with E-state index in [2.05, 4.69) is 68.1 Å². The predicted octanol–water partition coefficient (Wildman–Crippen LogP) is 5.04. The van der Waals surface area contributed by atoms with Gasteiger partial charge in [0.2, 0.25) is 0 Å². The van der Waals surface area contributed by atoms with Crippen LogP contribution in [-0.2, 0) is 11.8 Å². The van der Waals surface area contributed by atoms with E-state index in [0.717, 1.165) is 23.8 Å². The summed E-state index contributed by atoms with van der Waals surface area (Å²) in [6, 6.07) is 8.06. The van der Waals surface area contributed by atoms with Crippen LogP contribution in [0.25, 0.3) is 0 Å². The van der Waals surface area contributed by atoms with Crippen molar-refractivity contribution in [3.05, 3.63) is 46.4 Å². The molecule has 0 aliphatic heterocycles. The highest BCUT2D eigenvalue weighted by atomic mass is 35.5. The zero-order valence-electron chi connectivity index (χ0n) is 13.3. The van der Waals surface area contributed by atoms with Gasteiger partial charge < -0.3 is 5.32 Å². The largest absolute Gasteiger partial charge is 0.340 e. The quantitative estimate of drug-likeness (QED) is 0.807. The number of benzene rings is 1. The third kappa shape index (κ3) is 3.73. The van der Waals surface area contributed by atoms with E-state index in [-0.39, 0.29) is 5.41 Å². The lowest BCUT2D eigenvalue weighted by Gasteiger charge is -2.19. The third-order valence-electron chi connectivity index (χ3n) is 3.36. The van der Waals surface area contributed by atoms with E-state index < -0.39 is 0 Å². The monoisotopic (exact) mass is 303 g/mol. The summed E-state index contributed by atoms with van der Waals surface area (Å²) in [6.07, 6.45) is 0.967. The molecule has 1 aromatic heterocycles. The van der Waals surface area contributed by atoms with Crippen LogP contribution in [0.3, 0.4) is 0 Å². The Morgan fingerprint density at radius 3 is 2.52 bits per heavy atom. The Morgan fingerprint density at radius 1 is 1.19 bits per heavy atom. The topological polar surface area (TPSA) is 37.8 Å². The highest BCUT2D eigenvalue weighted by molar-refractivity contribution is 6.29. The van der Waals surface area contributed by atoms with E-state index in [1.807, 2.05) is 0 Å². The molecule has 0 spiro atoms. The van der Waals surface area contributed by atoms with E-state index in [9.17, 15) is 0 Å². The van der Waals surface area contributed by atoms with E-state index >= 15 is 0 Å². The van der Waals surface area contributed by atoms with Crippen molar-refractivity contribution in [2.75, 3.05) is 5.32 Å². The average Bonchev–Trinajstić information content (AvgIpc) is 2.39. The number of anilines is 2. The van der Waals surface area contributed by atoms with Crippen LogP contribution in [0.4, 0.5) is 11.5 Å². The first kappa shape index (κ1) is 15.8. The number of nitrogens with one attached hydrogen (secondary N) is 1. The van der Waals surface area contributed by atoms with Crippen molar-refractivity contribution in [1.29, 1.82) is 0 Å². The first-order valence-electron chi connectivity index (χ1n) is 7.22. The number of hydrogen-bond donors (Lipinski definition) is 1. The van der Waals surface area contributed by atoms with Crippen LogP contribution in [0.1, 0.15) is 44.6 Å². The van der Waals surface area contributed by atoms with E-state index in [1.54, 1.807) is 6.07 Å². The number of rotatable bonds is 3. The second-order valence-electron chi connectivity index (χ2n) is 6.24. The molecular formula is C17H22ClN3. The smallest absolute Gasteiger partial charge is 0.137 e. The standard InChI is InChI=1S/C17H22ClN3/c1-6-12-9-7-8-11(2)15(12)20-14-10-13(18)19-16(21-14)17(3,4)5/h7-10H,6H2,1-5H3,(H,19,20,21). The summed E-state index contributed by atoms with van der Waals surface area (Å²) in [5.41, 5.74) is 3.43. The summed E-state index contributed by atoms with van der Waals surface area (Å²) >= 11 is 6.14. The lowest BCUT2D eigenvalue weighted by atomic mass is 9.96. The molecule has 0 unspecified atom stereocenters. The molecule has 0 aliphatic carbocycles. The van der Waals surface area contributed by atoms with Crippen LogP contribution >= 0.6 is 11.6 Å². The van der Waals surface area contributed by atoms with Gasteiger partial charge in [-0.05, 0) is 24.5 Å². The molecule has 1 N–H and O–H groups in total. The molecule has 0 amide bonds. The Morgan fingerprint density at radius 2 is 1.90 bits per heavy atom. The number of aryl methyl sites for hydroxylation is 2. The lowest BCUT2D eigenvalue weighted by Crippen LogP contribution is -2.17. The molecule has 2 aromatic rings. The summed E-state index contributed by atoms with van der Waals surface area (Å²) in [5, 5.41) is 3.87. The third-order valence-corrected chi connectivity index (χ3v) is 3.55. The molecule has 0 bridgehead atoms. The predicted molar refractivity (Wildman–Crippen MR) is 89.6 cm³/mol. The molecule has 2 rings (SSSR count). The average molecular weight is 304 g/mol. The minimum Gasteiger partial charge on any atom is -0.340 e. The summed E-state index contributed by atoms with van der Waals surface area (Å²) in [5.74, 6) is 1.48. The van der Waals surface area contributed by atoms with Gasteiger partial charge in [-0.2, -0.15) is 0 Å². The molecule has 0 saturated heterocycles. The molecule has 4 heteroatoms. The fourth-order valence-electron chi connectivity index (χ4n) is 2.15. The summed E-state index contributed by atoms with van der Waals surface area (Å²) < 4.78 is 0. The number of nitrogens with zero attached hydrogens (tertiary/aromatic N) is 2. The maximum absolute atomic E-state index is 6.14. The second kappa shape index (κ2) is 6.02. The lowest BCUT2D eigenvalue weighted by molar-refractivity contribution is 0.546. The minimum atomic E-state index is -0.138. The van der Waals surface area contributed by atoms with Gasteiger partial charge in [0.05, 0.1) is 0 Å². The van der Waals surface area contributed by atoms with Crippen LogP contribution in [0.2, 0.25) is 5.15 Å². The van der Waals surface area contributed by atoms with Crippen molar-refractivity contribution < 1.29 is 0 Å². The van der Waals surface area contributed by atoms with Crippen molar-refractivity contribution in [3.63, 3.8) is 0 Å². The fraction of sp³-hybridized carbons (Fsp3) is 0.412. The molecule has 0 fully saturated rings. The maximum Gasteiger partial charge on any atom is 0.137 e. The SMILES string of the molecule is CCc1cccc(C)c1Nc1cc(Cl)nc(C(C)(C)C)n1. The number of halogens is 1. The zero-order valence-corrected chi connectivity index (χ0v) is 14.0. The van der Waals surface area contributed by atoms with Gasteiger partial charge in [0.1, 0.15) is 16.8 Å². The highest BCUT2D eigenvalue weighted by Crippen LogP contribution is 2.27. The van der Waals surface area contributed by atoms with Gasteiger partial charge >= 0.3 is 0 Å². The van der Waals surface area contributed by atoms with Gasteiger partial charge in [0.15, 0.2) is 0 Å². The van der Waals surface area contributed by atoms with Gasteiger partial charge in [-0.1, -0.05) is 57.5 Å². The first-order chi connectivity index (χ1) is 9.81. The van der Waals surface area contributed by atoms with Crippen molar-refractivity contribution in [1.82, 2.24) is 9.97 Å². The van der Waals surface area contributed by atoms with E-state index in [0.29, 0.717) is 5.15 Å². The van der Waals surface area contributed by atoms with Gasteiger partial charge in [-0.3, -0.25) is 0 Å². The zero-order chi connectivity index (χ0) is 15.6. The molecule has 0 atom stereocenters. The van der Waals surface area contributed by atoms with Crippen molar-refractivity contribution in [3.8, 4) is 0 Å². The molecule has 3 nitrogen and oxygen atoms in total. The summed E-state index contributed by atoms with van der Waals surface area (Å²) in [4.78, 5) is 8.94. The number of para-hydroxylation sites is 1. The van der Waals surface area contributed by atoms with Crippen LogP contribution in [-0.4, -0.2) is 9.97 Å².